The molecular weight excluding hydrogens is 350 g/mol. The molecule has 4 rings (SSSR count). The lowest BCUT2D eigenvalue weighted by Gasteiger charge is -2.25. The molecule has 2 amide bonds. The number of sulfonamides is 1. The lowest BCUT2D eigenvalue weighted by atomic mass is 10.1. The molecule has 1 unspecified atom stereocenters. The van der Waals surface area contributed by atoms with E-state index < -0.39 is 16.1 Å². The molecule has 26 heavy (non-hydrogen) atoms. The fourth-order valence-electron chi connectivity index (χ4n) is 3.01. The van der Waals surface area contributed by atoms with Crippen molar-refractivity contribution in [3.63, 3.8) is 0 Å². The molecule has 1 heterocycles. The van der Waals surface area contributed by atoms with Gasteiger partial charge in [0.05, 0.1) is 4.90 Å². The van der Waals surface area contributed by atoms with E-state index in [1.54, 1.807) is 18.2 Å². The van der Waals surface area contributed by atoms with Crippen molar-refractivity contribution in [2.45, 2.75) is 23.8 Å². The molecular formula is C19H19N3O3S. The summed E-state index contributed by atoms with van der Waals surface area (Å²) >= 11 is 0. The summed E-state index contributed by atoms with van der Waals surface area (Å²) in [5, 5.41) is 1.35. The molecule has 134 valence electrons. The summed E-state index contributed by atoms with van der Waals surface area (Å²) in [4.78, 5) is 12.8. The molecule has 2 aromatic rings. The van der Waals surface area contributed by atoms with Gasteiger partial charge in [0, 0.05) is 11.6 Å². The van der Waals surface area contributed by atoms with Crippen LogP contribution in [0.25, 0.3) is 0 Å². The van der Waals surface area contributed by atoms with Crippen LogP contribution in [0.3, 0.4) is 0 Å². The molecule has 1 atom stereocenters. The molecule has 2 N–H and O–H groups in total. The Hall–Kier alpha value is -2.80. The van der Waals surface area contributed by atoms with Crippen LogP contribution >= 0.6 is 0 Å². The van der Waals surface area contributed by atoms with Gasteiger partial charge < -0.3 is 0 Å². The van der Waals surface area contributed by atoms with Crippen LogP contribution in [0.1, 0.15) is 24.4 Å². The monoisotopic (exact) mass is 369 g/mol. The zero-order valence-corrected chi connectivity index (χ0v) is 14.8. The van der Waals surface area contributed by atoms with Crippen molar-refractivity contribution >= 4 is 16.1 Å². The second-order valence-electron chi connectivity index (χ2n) is 6.46. The van der Waals surface area contributed by atoms with Gasteiger partial charge in [-0.25, -0.2) is 22.9 Å². The third kappa shape index (κ3) is 3.30. The Morgan fingerprint density at radius 2 is 1.62 bits per heavy atom. The van der Waals surface area contributed by atoms with Crippen molar-refractivity contribution in [1.29, 1.82) is 0 Å². The van der Waals surface area contributed by atoms with Gasteiger partial charge in [0.1, 0.15) is 6.04 Å². The van der Waals surface area contributed by atoms with E-state index in [0.29, 0.717) is 5.92 Å². The van der Waals surface area contributed by atoms with Crippen LogP contribution < -0.4 is 10.1 Å². The van der Waals surface area contributed by atoms with Gasteiger partial charge in [0.25, 0.3) is 10.0 Å². The highest BCUT2D eigenvalue weighted by Crippen LogP contribution is 2.40. The summed E-state index contributed by atoms with van der Waals surface area (Å²) in [7, 11) is -3.93. The summed E-state index contributed by atoms with van der Waals surface area (Å²) in [6, 6.07) is 16.4. The lowest BCUT2D eigenvalue weighted by molar-refractivity contribution is 0.178. The van der Waals surface area contributed by atoms with Gasteiger partial charge in [-0.1, -0.05) is 48.5 Å². The van der Waals surface area contributed by atoms with Crippen LogP contribution in [0.15, 0.2) is 77.3 Å². The average molecular weight is 369 g/mol. The predicted molar refractivity (Wildman–Crippen MR) is 97.1 cm³/mol. The molecule has 1 aliphatic carbocycles. The standard InChI is InChI=1S/C19H19N3O3S/c23-19(21-26(24,25)16-9-5-2-6-10-16)22-18(15-7-3-1-4-8-15)13-17(20-22)14-11-12-14/h1-10,13-14,18,20H,11-12H2,(H,21,23). The van der Waals surface area contributed by atoms with Gasteiger partial charge in [-0.2, -0.15) is 0 Å². The number of carbonyl (C=O) groups excluding carboxylic acids is 1. The molecule has 1 fully saturated rings. The number of hydrogen-bond acceptors (Lipinski definition) is 4. The van der Waals surface area contributed by atoms with Gasteiger partial charge >= 0.3 is 6.03 Å². The summed E-state index contributed by atoms with van der Waals surface area (Å²) in [5.41, 5.74) is 4.99. The minimum atomic E-state index is -3.93. The first-order valence-electron chi connectivity index (χ1n) is 8.49. The Kier molecular flexibility index (Phi) is 4.16. The SMILES string of the molecule is O=C(NS(=O)(=O)c1ccccc1)N1NC(C2CC2)=CC1c1ccccc1. The first kappa shape index (κ1) is 16.7. The number of benzene rings is 2. The van der Waals surface area contributed by atoms with Crippen molar-refractivity contribution in [1.82, 2.24) is 15.2 Å². The van der Waals surface area contributed by atoms with E-state index in [4.69, 9.17) is 0 Å². The Morgan fingerprint density at radius 1 is 1.00 bits per heavy atom. The van der Waals surface area contributed by atoms with Crippen LogP contribution in [-0.4, -0.2) is 19.5 Å². The number of carbonyl (C=O) groups is 1. The molecule has 1 saturated carbocycles. The maximum atomic E-state index is 12.7. The molecule has 6 nitrogen and oxygen atoms in total. The number of nitrogens with one attached hydrogen (secondary N) is 2. The number of urea groups is 1. The first-order valence-corrected chi connectivity index (χ1v) is 9.97. The normalized spacial score (nSPS) is 19.6. The fraction of sp³-hybridized carbons (Fsp3) is 0.211. The van der Waals surface area contributed by atoms with Gasteiger partial charge in [-0.05, 0) is 36.6 Å². The van der Waals surface area contributed by atoms with E-state index in [2.05, 4.69) is 10.1 Å². The van der Waals surface area contributed by atoms with E-state index in [1.807, 2.05) is 36.4 Å². The van der Waals surface area contributed by atoms with E-state index in [-0.39, 0.29) is 10.9 Å². The summed E-state index contributed by atoms with van der Waals surface area (Å²) in [6.07, 6.45) is 4.16. The number of allylic oxidation sites excluding steroid dienone is 1. The van der Waals surface area contributed by atoms with Crippen molar-refractivity contribution in [2.24, 2.45) is 5.92 Å². The summed E-state index contributed by atoms with van der Waals surface area (Å²) < 4.78 is 27.1. The topological polar surface area (TPSA) is 78.5 Å². The zero-order valence-electron chi connectivity index (χ0n) is 14.0. The van der Waals surface area contributed by atoms with E-state index in [0.717, 1.165) is 24.1 Å². The number of hydrazine groups is 1. The highest BCUT2D eigenvalue weighted by Gasteiger charge is 2.37. The molecule has 2 aliphatic rings. The maximum absolute atomic E-state index is 12.7. The van der Waals surface area contributed by atoms with Crippen LogP contribution in [0, 0.1) is 5.92 Å². The Morgan fingerprint density at radius 3 is 2.23 bits per heavy atom. The second kappa shape index (κ2) is 6.49. The van der Waals surface area contributed by atoms with Crippen molar-refractivity contribution in [2.75, 3.05) is 0 Å². The third-order valence-corrected chi connectivity index (χ3v) is 5.85. The lowest BCUT2D eigenvalue weighted by Crippen LogP contribution is -2.48. The number of hydrogen-bond donors (Lipinski definition) is 2. The Balaban J connectivity index is 1.58. The number of nitrogens with zero attached hydrogens (tertiary/aromatic N) is 1. The van der Waals surface area contributed by atoms with E-state index in [9.17, 15) is 13.2 Å². The molecule has 0 saturated heterocycles. The Bertz CT molecular complexity index is 939. The van der Waals surface area contributed by atoms with Crippen LogP contribution in [0.5, 0.6) is 0 Å². The average Bonchev–Trinajstić information content (AvgIpc) is 3.41. The van der Waals surface area contributed by atoms with Crippen LogP contribution in [-0.2, 0) is 10.0 Å². The van der Waals surface area contributed by atoms with Gasteiger partial charge in [0.15, 0.2) is 0 Å². The van der Waals surface area contributed by atoms with E-state index >= 15 is 0 Å². The van der Waals surface area contributed by atoms with Crippen molar-refractivity contribution < 1.29 is 13.2 Å². The maximum Gasteiger partial charge on any atom is 0.350 e. The molecule has 0 aromatic heterocycles. The molecule has 0 radical (unpaired) electrons. The molecule has 7 heteroatoms. The zero-order chi connectivity index (χ0) is 18.1. The predicted octanol–water partition coefficient (Wildman–Crippen LogP) is 2.94. The largest absolute Gasteiger partial charge is 0.350 e. The quantitative estimate of drug-likeness (QED) is 0.869. The number of rotatable bonds is 4. The highest BCUT2D eigenvalue weighted by atomic mass is 32.2. The minimum Gasteiger partial charge on any atom is -0.298 e. The molecule has 0 spiro atoms. The summed E-state index contributed by atoms with van der Waals surface area (Å²) in [5.74, 6) is 0.421. The summed E-state index contributed by atoms with van der Waals surface area (Å²) in [6.45, 7) is 0. The van der Waals surface area contributed by atoms with E-state index in [1.165, 1.54) is 17.1 Å². The molecule has 0 bridgehead atoms. The van der Waals surface area contributed by atoms with Crippen LogP contribution in [0.4, 0.5) is 4.79 Å². The van der Waals surface area contributed by atoms with Crippen LogP contribution in [0.2, 0.25) is 0 Å². The van der Waals surface area contributed by atoms with Crippen molar-refractivity contribution in [3.05, 3.63) is 78.0 Å². The third-order valence-electron chi connectivity index (χ3n) is 4.52. The highest BCUT2D eigenvalue weighted by molar-refractivity contribution is 7.90. The van der Waals surface area contributed by atoms with Gasteiger partial charge in [-0.15, -0.1) is 0 Å². The second-order valence-corrected chi connectivity index (χ2v) is 8.14. The Labute approximate surface area is 152 Å². The van der Waals surface area contributed by atoms with Gasteiger partial charge in [-0.3, -0.25) is 5.43 Å². The van der Waals surface area contributed by atoms with Gasteiger partial charge in [0.2, 0.25) is 0 Å². The fourth-order valence-corrected chi connectivity index (χ4v) is 3.97. The smallest absolute Gasteiger partial charge is 0.298 e. The molecule has 1 aliphatic heterocycles. The first-order chi connectivity index (χ1) is 12.5. The number of amides is 2. The molecule has 2 aromatic carbocycles. The van der Waals surface area contributed by atoms with Crippen molar-refractivity contribution in [3.8, 4) is 0 Å². The minimum absolute atomic E-state index is 0.0548.